The van der Waals surface area contributed by atoms with Crippen LogP contribution in [0.5, 0.6) is 5.75 Å². The summed E-state index contributed by atoms with van der Waals surface area (Å²) in [5, 5.41) is 0.776. The lowest BCUT2D eigenvalue weighted by Crippen LogP contribution is -2.47. The number of nitrogens with two attached hydrogens (primary N) is 2. The van der Waals surface area contributed by atoms with Crippen LogP contribution >= 0.6 is 11.3 Å². The fraction of sp³-hybridized carbons (Fsp3) is 0.133. The van der Waals surface area contributed by atoms with Gasteiger partial charge in [0.2, 0.25) is 0 Å². The van der Waals surface area contributed by atoms with Crippen LogP contribution < -0.4 is 26.9 Å². The number of rotatable bonds is 4. The maximum absolute atomic E-state index is 12.7. The summed E-state index contributed by atoms with van der Waals surface area (Å²) in [4.78, 5) is 11.3. The largest absolute Gasteiger partial charge is 0.496 e. The van der Waals surface area contributed by atoms with Crippen molar-refractivity contribution in [3.8, 4) is 5.75 Å². The van der Waals surface area contributed by atoms with Crippen LogP contribution in [-0.2, 0) is 6.18 Å². The number of thiophene rings is 1. The molecule has 1 heterocycles. The molecule has 134 valence electrons. The molecule has 0 aliphatic heterocycles. The molecule has 5 N–H and O–H groups in total. The van der Waals surface area contributed by atoms with Gasteiger partial charge in [-0.25, -0.2) is 21.5 Å². The van der Waals surface area contributed by atoms with E-state index in [9.17, 15) is 18.0 Å². The Morgan fingerprint density at radius 1 is 1.28 bits per heavy atom. The molecule has 10 heteroatoms. The summed E-state index contributed by atoms with van der Waals surface area (Å²) in [5.74, 6) is 11.2. The van der Waals surface area contributed by atoms with Crippen LogP contribution in [0.1, 0.15) is 15.3 Å². The number of hydrogen-bond donors (Lipinski definition) is 3. The molecule has 25 heavy (non-hydrogen) atoms. The van der Waals surface area contributed by atoms with Crippen LogP contribution in [0, 0.1) is 0 Å². The molecular formula is C15H15F3N4O2S. The molecule has 6 nitrogen and oxygen atoms in total. The van der Waals surface area contributed by atoms with E-state index in [0.717, 1.165) is 11.1 Å². The standard InChI is InChI=1S/C15H15F3N4O2S/c1-24-12-4-2-3-11(22(20)14(23)21-19)10(12)7-5-9-6-8-13(25-9)15(16,17)18/h2-8H,19-20H2,1H3,(H,21,23)/b7-5+. The predicted octanol–water partition coefficient (Wildman–Crippen LogP) is 3.21. The Labute approximate surface area is 145 Å². The van der Waals surface area contributed by atoms with Crippen LogP contribution in [-0.4, -0.2) is 13.1 Å². The molecule has 0 unspecified atom stereocenters. The molecule has 0 atom stereocenters. The second-order valence-electron chi connectivity index (χ2n) is 4.75. The van der Waals surface area contributed by atoms with Gasteiger partial charge in [0, 0.05) is 10.4 Å². The van der Waals surface area contributed by atoms with Gasteiger partial charge in [-0.05, 0) is 36.4 Å². The van der Waals surface area contributed by atoms with Crippen LogP contribution in [0.3, 0.4) is 0 Å². The summed E-state index contributed by atoms with van der Waals surface area (Å²) in [7, 11) is 1.42. The first kappa shape index (κ1) is 18.8. The first-order chi connectivity index (χ1) is 11.8. The number of alkyl halides is 3. The Morgan fingerprint density at radius 2 is 2.00 bits per heavy atom. The summed E-state index contributed by atoms with van der Waals surface area (Å²) in [6.07, 6.45) is -1.39. The predicted molar refractivity (Wildman–Crippen MR) is 90.6 cm³/mol. The zero-order valence-electron chi connectivity index (χ0n) is 13.0. The van der Waals surface area contributed by atoms with Crippen LogP contribution in [0.25, 0.3) is 12.2 Å². The maximum atomic E-state index is 12.7. The molecule has 0 saturated heterocycles. The molecule has 2 aromatic rings. The van der Waals surface area contributed by atoms with Gasteiger partial charge in [0.25, 0.3) is 0 Å². The first-order valence-electron chi connectivity index (χ1n) is 6.85. The van der Waals surface area contributed by atoms with Gasteiger partial charge < -0.3 is 4.74 Å². The van der Waals surface area contributed by atoms with Crippen molar-refractivity contribution in [1.29, 1.82) is 0 Å². The number of carbonyl (C=O) groups is 1. The number of benzene rings is 1. The van der Waals surface area contributed by atoms with E-state index in [0.29, 0.717) is 27.5 Å². The molecule has 0 radical (unpaired) electrons. The van der Waals surface area contributed by atoms with Crippen molar-refractivity contribution in [1.82, 2.24) is 5.43 Å². The zero-order chi connectivity index (χ0) is 18.6. The van der Waals surface area contributed by atoms with Crippen LogP contribution in [0.4, 0.5) is 23.7 Å². The third kappa shape index (κ3) is 4.29. The SMILES string of the molecule is COc1cccc(N(N)C(=O)NN)c1/C=C/c1ccc(C(F)(F)F)s1. The number of urea groups is 1. The average molecular weight is 372 g/mol. The Kier molecular flexibility index (Phi) is 5.67. The van der Waals surface area contributed by atoms with Crippen molar-refractivity contribution in [3.63, 3.8) is 0 Å². The quantitative estimate of drug-likeness (QED) is 0.436. The van der Waals surface area contributed by atoms with Crippen LogP contribution in [0.15, 0.2) is 30.3 Å². The van der Waals surface area contributed by atoms with Gasteiger partial charge in [0.1, 0.15) is 10.6 Å². The molecule has 0 spiro atoms. The number of amides is 2. The fourth-order valence-electron chi connectivity index (χ4n) is 2.03. The van der Waals surface area contributed by atoms with Crippen molar-refractivity contribution in [3.05, 3.63) is 45.6 Å². The minimum atomic E-state index is -4.39. The van der Waals surface area contributed by atoms with Gasteiger partial charge in [-0.15, -0.1) is 11.3 Å². The molecular weight excluding hydrogens is 357 g/mol. The van der Waals surface area contributed by atoms with Gasteiger partial charge >= 0.3 is 12.2 Å². The third-order valence-electron chi connectivity index (χ3n) is 3.19. The molecule has 0 bridgehead atoms. The van der Waals surface area contributed by atoms with Crippen molar-refractivity contribution < 1.29 is 22.7 Å². The Morgan fingerprint density at radius 3 is 2.56 bits per heavy atom. The summed E-state index contributed by atoms with van der Waals surface area (Å²) in [5.41, 5.74) is 2.58. The van der Waals surface area contributed by atoms with Crippen molar-refractivity contribution >= 4 is 35.2 Å². The van der Waals surface area contributed by atoms with Gasteiger partial charge in [0.15, 0.2) is 0 Å². The first-order valence-corrected chi connectivity index (χ1v) is 7.67. The molecule has 1 aromatic heterocycles. The lowest BCUT2D eigenvalue weighted by molar-refractivity contribution is -0.134. The van der Waals surface area contributed by atoms with E-state index in [-0.39, 0.29) is 5.69 Å². The number of hydrazine groups is 2. The number of hydrogen-bond acceptors (Lipinski definition) is 5. The van der Waals surface area contributed by atoms with Crippen molar-refractivity contribution in [2.75, 3.05) is 12.1 Å². The normalized spacial score (nSPS) is 11.6. The number of nitrogens with one attached hydrogen (secondary N) is 1. The Hall–Kier alpha value is -2.56. The highest BCUT2D eigenvalue weighted by molar-refractivity contribution is 7.13. The second-order valence-corrected chi connectivity index (χ2v) is 5.86. The minimum Gasteiger partial charge on any atom is -0.496 e. The van der Waals surface area contributed by atoms with Gasteiger partial charge in [0.05, 0.1) is 12.8 Å². The molecule has 0 saturated carbocycles. The molecule has 0 aliphatic rings. The minimum absolute atomic E-state index is 0.270. The van der Waals surface area contributed by atoms with Gasteiger partial charge in [-0.3, -0.25) is 5.43 Å². The molecule has 2 rings (SSSR count). The number of anilines is 1. The maximum Gasteiger partial charge on any atom is 0.425 e. The Balaban J connectivity index is 2.40. The topological polar surface area (TPSA) is 93.6 Å². The number of ether oxygens (including phenoxy) is 1. The van der Waals surface area contributed by atoms with Crippen molar-refractivity contribution in [2.45, 2.75) is 6.18 Å². The van der Waals surface area contributed by atoms with E-state index in [1.807, 2.05) is 5.43 Å². The van der Waals surface area contributed by atoms with Gasteiger partial charge in [-0.2, -0.15) is 13.2 Å². The highest BCUT2D eigenvalue weighted by Gasteiger charge is 2.32. The third-order valence-corrected chi connectivity index (χ3v) is 4.28. The second kappa shape index (κ2) is 7.55. The molecule has 0 fully saturated rings. The Bertz CT molecular complexity index is 789. The van der Waals surface area contributed by atoms with E-state index < -0.39 is 17.1 Å². The summed E-state index contributed by atoms with van der Waals surface area (Å²) in [6, 6.07) is 6.39. The van der Waals surface area contributed by atoms with E-state index in [1.54, 1.807) is 18.2 Å². The molecule has 2 amide bonds. The van der Waals surface area contributed by atoms with E-state index in [4.69, 9.17) is 16.4 Å². The zero-order valence-corrected chi connectivity index (χ0v) is 13.8. The van der Waals surface area contributed by atoms with Crippen LogP contribution in [0.2, 0.25) is 0 Å². The summed E-state index contributed by atoms with van der Waals surface area (Å²) >= 11 is 0.601. The van der Waals surface area contributed by atoms with Gasteiger partial charge in [-0.1, -0.05) is 6.07 Å². The number of nitrogens with zero attached hydrogens (tertiary/aromatic N) is 1. The monoisotopic (exact) mass is 372 g/mol. The lowest BCUT2D eigenvalue weighted by Gasteiger charge is -2.19. The summed E-state index contributed by atoms with van der Waals surface area (Å²) < 4.78 is 43.2. The molecule has 1 aromatic carbocycles. The fourth-order valence-corrected chi connectivity index (χ4v) is 2.81. The highest BCUT2D eigenvalue weighted by Crippen LogP contribution is 2.36. The average Bonchev–Trinajstić information content (AvgIpc) is 3.07. The van der Waals surface area contributed by atoms with E-state index >= 15 is 0 Å². The van der Waals surface area contributed by atoms with Crippen molar-refractivity contribution in [2.24, 2.45) is 11.7 Å². The van der Waals surface area contributed by atoms with E-state index in [2.05, 4.69) is 0 Å². The highest BCUT2D eigenvalue weighted by atomic mass is 32.1. The number of methoxy groups -OCH3 is 1. The number of carbonyl (C=O) groups excluding carboxylic acids is 1. The lowest BCUT2D eigenvalue weighted by atomic mass is 10.1. The van der Waals surface area contributed by atoms with E-state index in [1.165, 1.54) is 25.3 Å². The number of halogens is 3. The smallest absolute Gasteiger partial charge is 0.425 e. The molecule has 0 aliphatic carbocycles. The summed E-state index contributed by atoms with van der Waals surface area (Å²) in [6.45, 7) is 0.